The van der Waals surface area contributed by atoms with E-state index in [2.05, 4.69) is 47.9 Å². The number of primary amides is 1. The number of hydrogen-bond acceptors (Lipinski definition) is 4. The van der Waals surface area contributed by atoms with Crippen LogP contribution in [0.25, 0.3) is 0 Å². The zero-order valence-corrected chi connectivity index (χ0v) is 21.4. The van der Waals surface area contributed by atoms with Crippen molar-refractivity contribution in [2.24, 2.45) is 23.5 Å². The quantitative estimate of drug-likeness (QED) is 0.440. The van der Waals surface area contributed by atoms with Crippen LogP contribution in [0.1, 0.15) is 55.7 Å². The Morgan fingerprint density at radius 3 is 2.29 bits per heavy atom. The van der Waals surface area contributed by atoms with Crippen LogP contribution < -0.4 is 21.1 Å². The molecule has 3 aromatic carbocycles. The summed E-state index contributed by atoms with van der Waals surface area (Å²) in [5, 5.41) is 1.98. The number of nitrogens with two attached hydrogens (primary N) is 1. The predicted octanol–water partition coefficient (Wildman–Crippen LogP) is 5.76. The molecule has 4 aliphatic rings. The van der Waals surface area contributed by atoms with E-state index in [1.807, 2.05) is 16.0 Å². The summed E-state index contributed by atoms with van der Waals surface area (Å²) >= 11 is 0. The zero-order chi connectivity index (χ0) is 26.2. The summed E-state index contributed by atoms with van der Waals surface area (Å²) in [6.07, 6.45) is 6.48. The van der Waals surface area contributed by atoms with Gasteiger partial charge in [0.25, 0.3) is 0 Å². The van der Waals surface area contributed by atoms with E-state index in [1.54, 1.807) is 12.1 Å². The highest BCUT2D eigenvalue weighted by Gasteiger charge is 2.43. The number of benzene rings is 3. The van der Waals surface area contributed by atoms with E-state index >= 15 is 0 Å². The fourth-order valence-electron chi connectivity index (χ4n) is 5.57. The van der Waals surface area contributed by atoms with Crippen molar-refractivity contribution in [3.05, 3.63) is 89.7 Å². The van der Waals surface area contributed by atoms with Gasteiger partial charge in [-0.3, -0.25) is 14.6 Å². The molecule has 2 aliphatic carbocycles. The highest BCUT2D eigenvalue weighted by Crippen LogP contribution is 2.46. The number of hydrogen-bond donors (Lipinski definition) is 2. The Hall–Kier alpha value is -3.71. The summed E-state index contributed by atoms with van der Waals surface area (Å²) in [4.78, 5) is 25.5. The monoisotopic (exact) mass is 512 g/mol. The van der Waals surface area contributed by atoms with Crippen LogP contribution in [0.15, 0.2) is 72.8 Å². The molecule has 2 heterocycles. The number of halogens is 1. The van der Waals surface area contributed by atoms with Gasteiger partial charge in [0, 0.05) is 24.1 Å². The van der Waals surface area contributed by atoms with E-state index in [0.717, 1.165) is 54.2 Å². The van der Waals surface area contributed by atoms with Gasteiger partial charge in [0.1, 0.15) is 5.82 Å². The summed E-state index contributed by atoms with van der Waals surface area (Å²) in [5.74, 6) is 0.958. The van der Waals surface area contributed by atoms with Gasteiger partial charge < -0.3 is 10.6 Å². The Kier molecular flexibility index (Phi) is 6.62. The third-order valence-electron chi connectivity index (χ3n) is 7.98. The highest BCUT2D eigenvalue weighted by atomic mass is 19.1. The molecule has 0 aromatic heterocycles. The fraction of sp³-hybridized carbons (Fsp3) is 0.355. The van der Waals surface area contributed by atoms with E-state index in [-0.39, 0.29) is 35.5 Å². The molecule has 0 spiro atoms. The normalized spacial score (nSPS) is 22.2. The number of amides is 2. The minimum Gasteiger partial charge on any atom is -0.369 e. The summed E-state index contributed by atoms with van der Waals surface area (Å²) < 4.78 is 13.3. The SMILES string of the molecule is NC(=O)C1CC1.O=C1[C@@H](CC2CC2)CC(c2ccccc2)N1c1ccc2c(c1)CNN2c1ccc(F)cc1. The van der Waals surface area contributed by atoms with Crippen LogP contribution >= 0.6 is 0 Å². The molecule has 7 rings (SSSR count). The molecule has 1 saturated heterocycles. The molecule has 1 unspecified atom stereocenters. The van der Waals surface area contributed by atoms with Gasteiger partial charge in [-0.05, 0) is 85.2 Å². The highest BCUT2D eigenvalue weighted by molar-refractivity contribution is 5.98. The maximum absolute atomic E-state index is 13.5. The number of carbonyl (C=O) groups is 2. The molecule has 2 atom stereocenters. The van der Waals surface area contributed by atoms with E-state index in [0.29, 0.717) is 6.54 Å². The minimum absolute atomic E-state index is 0.0769. The molecular weight excluding hydrogens is 479 g/mol. The first-order valence-electron chi connectivity index (χ1n) is 13.6. The summed E-state index contributed by atoms with van der Waals surface area (Å²) in [6.45, 7) is 0.671. The van der Waals surface area contributed by atoms with Gasteiger partial charge in [-0.15, -0.1) is 0 Å². The van der Waals surface area contributed by atoms with E-state index in [1.165, 1.54) is 30.5 Å². The van der Waals surface area contributed by atoms with Crippen LogP contribution in [0.4, 0.5) is 21.5 Å². The van der Waals surface area contributed by atoms with Gasteiger partial charge in [-0.2, -0.15) is 0 Å². The second-order valence-corrected chi connectivity index (χ2v) is 10.9. The Bertz CT molecular complexity index is 1320. The standard InChI is InChI=1S/C27H26FN3O.C4H7NO/c28-22-8-10-23(11-9-22)31-25-13-12-24(15-21(25)17-29-31)30-26(19-4-2-1-3-5-19)16-20(27(30)32)14-18-6-7-18;5-4(6)3-1-2-3/h1-5,8-13,15,18,20,26,29H,6-7,14,16-17H2;3H,1-2H2,(H2,5,6)/t20-,26?;/m0./s1. The largest absolute Gasteiger partial charge is 0.369 e. The number of fused-ring (bicyclic) bond motifs is 1. The van der Waals surface area contributed by atoms with Gasteiger partial charge in [0.05, 0.1) is 17.4 Å². The minimum atomic E-state index is -0.247. The number of hydrazine groups is 1. The average Bonchev–Trinajstić information content (AvgIpc) is 3.86. The van der Waals surface area contributed by atoms with Crippen LogP contribution in [-0.2, 0) is 16.1 Å². The third kappa shape index (κ3) is 5.16. The van der Waals surface area contributed by atoms with Crippen molar-refractivity contribution in [2.45, 2.75) is 51.1 Å². The summed E-state index contributed by atoms with van der Waals surface area (Å²) in [5.41, 5.74) is 13.5. The first-order chi connectivity index (χ1) is 18.5. The fourth-order valence-corrected chi connectivity index (χ4v) is 5.57. The summed E-state index contributed by atoms with van der Waals surface area (Å²) in [7, 11) is 0. The van der Waals surface area contributed by atoms with E-state index < -0.39 is 0 Å². The Morgan fingerprint density at radius 2 is 1.66 bits per heavy atom. The van der Waals surface area contributed by atoms with Crippen LogP contribution in [0.2, 0.25) is 0 Å². The Labute approximate surface area is 222 Å². The van der Waals surface area contributed by atoms with Gasteiger partial charge in [-0.25, -0.2) is 9.82 Å². The molecule has 196 valence electrons. The van der Waals surface area contributed by atoms with Crippen LogP contribution in [0.5, 0.6) is 0 Å². The van der Waals surface area contributed by atoms with E-state index in [4.69, 9.17) is 5.73 Å². The van der Waals surface area contributed by atoms with Crippen LogP contribution in [0, 0.1) is 23.6 Å². The molecule has 3 aromatic rings. The van der Waals surface area contributed by atoms with Gasteiger partial charge in [0.2, 0.25) is 11.8 Å². The van der Waals surface area contributed by atoms with Crippen LogP contribution in [-0.4, -0.2) is 11.8 Å². The van der Waals surface area contributed by atoms with E-state index in [9.17, 15) is 14.0 Å². The molecule has 0 radical (unpaired) electrons. The van der Waals surface area contributed by atoms with Crippen molar-refractivity contribution in [3.63, 3.8) is 0 Å². The van der Waals surface area contributed by atoms with Crippen molar-refractivity contribution in [3.8, 4) is 0 Å². The first kappa shape index (κ1) is 24.6. The second-order valence-electron chi connectivity index (χ2n) is 10.9. The maximum atomic E-state index is 13.5. The van der Waals surface area contributed by atoms with Gasteiger partial charge in [0.15, 0.2) is 0 Å². The topological polar surface area (TPSA) is 78.7 Å². The number of carbonyl (C=O) groups excluding carboxylic acids is 2. The molecule has 0 bridgehead atoms. The molecule has 2 aliphatic heterocycles. The molecular formula is C31H33FN4O2. The average molecular weight is 513 g/mol. The molecule has 3 N–H and O–H groups in total. The van der Waals surface area contributed by atoms with Crippen molar-refractivity contribution in [1.82, 2.24) is 5.43 Å². The lowest BCUT2D eigenvalue weighted by molar-refractivity contribution is -0.121. The first-order valence-corrected chi connectivity index (χ1v) is 13.6. The summed E-state index contributed by atoms with van der Waals surface area (Å²) in [6, 6.07) is 23.2. The van der Waals surface area contributed by atoms with Crippen molar-refractivity contribution in [1.29, 1.82) is 0 Å². The van der Waals surface area contributed by atoms with Crippen molar-refractivity contribution in [2.75, 3.05) is 9.91 Å². The predicted molar refractivity (Wildman–Crippen MR) is 146 cm³/mol. The number of rotatable bonds is 6. The second kappa shape index (κ2) is 10.2. The smallest absolute Gasteiger partial charge is 0.230 e. The number of nitrogens with zero attached hydrogens (tertiary/aromatic N) is 2. The lowest BCUT2D eigenvalue weighted by Gasteiger charge is -2.26. The molecule has 7 heteroatoms. The van der Waals surface area contributed by atoms with Gasteiger partial charge in [-0.1, -0.05) is 43.2 Å². The lowest BCUT2D eigenvalue weighted by Crippen LogP contribution is -2.29. The lowest BCUT2D eigenvalue weighted by atomic mass is 9.95. The zero-order valence-electron chi connectivity index (χ0n) is 21.4. The Balaban J connectivity index is 0.000000390. The number of anilines is 3. The molecule has 38 heavy (non-hydrogen) atoms. The third-order valence-corrected chi connectivity index (χ3v) is 7.98. The molecule has 2 saturated carbocycles. The Morgan fingerprint density at radius 1 is 0.947 bits per heavy atom. The maximum Gasteiger partial charge on any atom is 0.230 e. The molecule has 6 nitrogen and oxygen atoms in total. The van der Waals surface area contributed by atoms with Gasteiger partial charge >= 0.3 is 0 Å². The molecule has 3 fully saturated rings. The molecule has 2 amide bonds. The van der Waals surface area contributed by atoms with Crippen molar-refractivity contribution < 1.29 is 14.0 Å². The van der Waals surface area contributed by atoms with Crippen LogP contribution in [0.3, 0.4) is 0 Å². The number of nitrogens with one attached hydrogen (secondary N) is 1. The van der Waals surface area contributed by atoms with Crippen molar-refractivity contribution >= 4 is 28.9 Å².